The molecule has 1 atom stereocenters. The summed E-state index contributed by atoms with van der Waals surface area (Å²) in [5.41, 5.74) is 0.0378. The smallest absolute Gasteiger partial charge is 0.258 e. The van der Waals surface area contributed by atoms with E-state index in [0.29, 0.717) is 4.76 Å². The van der Waals surface area contributed by atoms with Gasteiger partial charge >= 0.3 is 0 Å². The average molecular weight is 337 g/mol. The first-order valence-electron chi connectivity index (χ1n) is 6.42. The number of sulfonamides is 1. The molecule has 2 rings (SSSR count). The minimum Gasteiger partial charge on any atom is -0.258 e. The number of non-ortho nitro benzene ring substituents is 1. The lowest BCUT2D eigenvalue weighted by Crippen LogP contribution is -2.30. The van der Waals surface area contributed by atoms with Crippen molar-refractivity contribution >= 4 is 21.4 Å². The Balaban J connectivity index is 2.16. The highest BCUT2D eigenvalue weighted by atomic mass is 32.2. The third-order valence-electron chi connectivity index (χ3n) is 3.04. The Morgan fingerprint density at radius 2 is 1.96 bits per heavy atom. The molecule has 0 radical (unpaired) electrons. The zero-order valence-electron chi connectivity index (χ0n) is 12.0. The van der Waals surface area contributed by atoms with Gasteiger partial charge in [0.2, 0.25) is 6.20 Å². The second-order valence-electron chi connectivity index (χ2n) is 4.63. The fraction of sp³-hybridized carbons (Fsp3) is 0.154. The molecule has 1 aliphatic heterocycles. The van der Waals surface area contributed by atoms with E-state index in [1.54, 1.807) is 18.2 Å². The molecule has 0 fully saturated rings. The van der Waals surface area contributed by atoms with E-state index in [1.807, 2.05) is 4.83 Å². The van der Waals surface area contributed by atoms with Crippen molar-refractivity contribution in [1.29, 1.82) is 0 Å². The lowest BCUT2D eigenvalue weighted by molar-refractivity contribution is -0.491. The van der Waals surface area contributed by atoms with Crippen LogP contribution in [0.2, 0.25) is 0 Å². The molecule has 1 aromatic carbocycles. The van der Waals surface area contributed by atoms with Gasteiger partial charge in [0, 0.05) is 27.9 Å². The van der Waals surface area contributed by atoms with E-state index in [9.17, 15) is 23.4 Å². The summed E-state index contributed by atoms with van der Waals surface area (Å²) in [5, 5.41) is 14.3. The highest BCUT2D eigenvalue weighted by molar-refractivity contribution is 7.89. The largest absolute Gasteiger partial charge is 0.276 e. The van der Waals surface area contributed by atoms with E-state index < -0.39 is 21.0 Å². The van der Waals surface area contributed by atoms with Gasteiger partial charge in [-0.1, -0.05) is 6.08 Å². The summed E-state index contributed by atoms with van der Waals surface area (Å²) in [6.07, 6.45) is 6.08. The van der Waals surface area contributed by atoms with Crippen molar-refractivity contribution in [2.24, 2.45) is 5.10 Å². The summed E-state index contributed by atoms with van der Waals surface area (Å²) >= 11 is 0. The molecule has 0 spiro atoms. The third-order valence-corrected chi connectivity index (χ3v) is 4.26. The molecule has 1 unspecified atom stereocenters. The Hall–Kier alpha value is -2.88. The van der Waals surface area contributed by atoms with Crippen molar-refractivity contribution in [3.05, 3.63) is 63.7 Å². The molecule has 1 heterocycles. The number of nitroso groups, excluding NO2 is 1. The SMILES string of the molecule is C/C(=N\NS(=O)(=O)c1ccc([N+](=O)[O-])cc1)C1C=CC=C[N+]1=O. The van der Waals surface area contributed by atoms with E-state index in [-0.39, 0.29) is 16.3 Å². The van der Waals surface area contributed by atoms with Crippen LogP contribution in [0.25, 0.3) is 0 Å². The van der Waals surface area contributed by atoms with Gasteiger partial charge in [-0.2, -0.15) is 18.4 Å². The molecule has 0 aromatic heterocycles. The van der Waals surface area contributed by atoms with Crippen LogP contribution in [-0.2, 0) is 10.0 Å². The van der Waals surface area contributed by atoms with Gasteiger partial charge in [0.05, 0.1) is 9.82 Å². The van der Waals surface area contributed by atoms with Gasteiger partial charge in [-0.15, -0.1) is 0 Å². The average Bonchev–Trinajstić information content (AvgIpc) is 2.53. The van der Waals surface area contributed by atoms with Crippen LogP contribution in [0.1, 0.15) is 6.92 Å². The molecule has 0 aliphatic carbocycles. The topological polar surface area (TPSA) is 122 Å². The number of hydrogen-bond acceptors (Lipinski definition) is 6. The molecular weight excluding hydrogens is 324 g/mol. The molecule has 0 amide bonds. The van der Waals surface area contributed by atoms with Crippen molar-refractivity contribution in [1.82, 2.24) is 4.83 Å². The first-order chi connectivity index (χ1) is 10.8. The van der Waals surface area contributed by atoms with Crippen molar-refractivity contribution in [3.63, 3.8) is 0 Å². The molecule has 0 saturated carbocycles. The molecule has 1 N–H and O–H groups in total. The summed E-state index contributed by atoms with van der Waals surface area (Å²) in [4.78, 5) is 23.4. The molecular formula is C13H13N4O5S+. The van der Waals surface area contributed by atoms with Crippen LogP contribution >= 0.6 is 0 Å². The first-order valence-corrected chi connectivity index (χ1v) is 7.90. The molecule has 0 saturated heterocycles. The summed E-state index contributed by atoms with van der Waals surface area (Å²) < 4.78 is 24.8. The quantitative estimate of drug-likeness (QED) is 0.377. The van der Waals surface area contributed by atoms with Gasteiger partial charge in [0.1, 0.15) is 5.71 Å². The van der Waals surface area contributed by atoms with Crippen LogP contribution in [-0.4, -0.2) is 29.9 Å². The van der Waals surface area contributed by atoms with Gasteiger partial charge in [-0.25, -0.2) is 0 Å². The fourth-order valence-electron chi connectivity index (χ4n) is 1.80. The van der Waals surface area contributed by atoms with E-state index >= 15 is 0 Å². The van der Waals surface area contributed by atoms with Crippen LogP contribution in [0.4, 0.5) is 5.69 Å². The summed E-state index contributed by atoms with van der Waals surface area (Å²) in [5.74, 6) is 0. The molecule has 9 nitrogen and oxygen atoms in total. The first kappa shape index (κ1) is 16.5. The Morgan fingerprint density at radius 3 is 2.52 bits per heavy atom. The molecule has 10 heteroatoms. The van der Waals surface area contributed by atoms with Crippen LogP contribution in [0.3, 0.4) is 0 Å². The number of hydrazone groups is 1. The zero-order chi connectivity index (χ0) is 17.0. The Morgan fingerprint density at radius 1 is 1.30 bits per heavy atom. The predicted molar refractivity (Wildman–Crippen MR) is 82.2 cm³/mol. The number of nitrogens with one attached hydrogen (secondary N) is 1. The standard InChI is InChI=1S/C13H13N4O5S/c1-10(13-4-2-3-9-16(13)18)14-15-23(21,22)12-7-5-11(6-8-12)17(19)20/h2-9,13,15H,1H3/q+1/b14-10+. The van der Waals surface area contributed by atoms with Crippen molar-refractivity contribution in [2.45, 2.75) is 17.9 Å². The molecule has 0 bridgehead atoms. The summed E-state index contributed by atoms with van der Waals surface area (Å²) in [7, 11) is -3.98. The highest BCUT2D eigenvalue weighted by Crippen LogP contribution is 2.15. The summed E-state index contributed by atoms with van der Waals surface area (Å²) in [6.45, 7) is 1.51. The fourth-order valence-corrected chi connectivity index (χ4v) is 2.67. The number of hydrogen-bond donors (Lipinski definition) is 1. The van der Waals surface area contributed by atoms with Crippen LogP contribution < -0.4 is 4.83 Å². The van der Waals surface area contributed by atoms with Gasteiger partial charge in [0.25, 0.3) is 21.8 Å². The number of nitro groups is 1. The minimum absolute atomic E-state index is 0.169. The van der Waals surface area contributed by atoms with Crippen molar-refractivity contribution < 1.29 is 18.1 Å². The Labute approximate surface area is 131 Å². The molecule has 23 heavy (non-hydrogen) atoms. The normalized spacial score (nSPS) is 18.0. The minimum atomic E-state index is -3.98. The lowest BCUT2D eigenvalue weighted by Gasteiger charge is -2.07. The third kappa shape index (κ3) is 3.86. The number of nitrogens with zero attached hydrogens (tertiary/aromatic N) is 3. The lowest BCUT2D eigenvalue weighted by atomic mass is 10.1. The highest BCUT2D eigenvalue weighted by Gasteiger charge is 2.26. The predicted octanol–water partition coefficient (Wildman–Crippen LogP) is 1.48. The van der Waals surface area contributed by atoms with Gasteiger partial charge < -0.3 is 0 Å². The maximum absolute atomic E-state index is 12.1. The van der Waals surface area contributed by atoms with Crippen LogP contribution in [0.15, 0.2) is 58.7 Å². The second kappa shape index (κ2) is 6.48. The number of allylic oxidation sites excluding steroid dienone is 2. The molecule has 1 aromatic rings. The molecule has 1 aliphatic rings. The summed E-state index contributed by atoms with van der Waals surface area (Å²) in [6, 6.07) is 3.68. The van der Waals surface area contributed by atoms with Gasteiger partial charge in [-0.3, -0.25) is 10.1 Å². The molecule has 120 valence electrons. The monoisotopic (exact) mass is 337 g/mol. The number of benzene rings is 1. The van der Waals surface area contributed by atoms with Gasteiger partial charge in [-0.05, 0) is 25.1 Å². The maximum Gasteiger partial charge on any atom is 0.276 e. The Bertz CT molecular complexity index is 824. The van der Waals surface area contributed by atoms with E-state index in [0.717, 1.165) is 24.3 Å². The van der Waals surface area contributed by atoms with Crippen LogP contribution in [0.5, 0.6) is 0 Å². The van der Waals surface area contributed by atoms with Crippen molar-refractivity contribution in [3.8, 4) is 0 Å². The Kier molecular flexibility index (Phi) is 4.65. The second-order valence-corrected chi connectivity index (χ2v) is 6.29. The zero-order valence-corrected chi connectivity index (χ0v) is 12.8. The van der Waals surface area contributed by atoms with Gasteiger partial charge in [0.15, 0.2) is 0 Å². The maximum atomic E-state index is 12.1. The number of rotatable bonds is 5. The van der Waals surface area contributed by atoms with E-state index in [1.165, 1.54) is 13.1 Å². The van der Waals surface area contributed by atoms with E-state index in [2.05, 4.69) is 5.10 Å². The van der Waals surface area contributed by atoms with E-state index in [4.69, 9.17) is 0 Å². The van der Waals surface area contributed by atoms with Crippen LogP contribution in [0, 0.1) is 15.0 Å². The van der Waals surface area contributed by atoms with Crippen molar-refractivity contribution in [2.75, 3.05) is 0 Å². The number of nitro benzene ring substituents is 1.